The summed E-state index contributed by atoms with van der Waals surface area (Å²) in [5, 5.41) is 14.9. The zero-order valence-corrected chi connectivity index (χ0v) is 19.7. The second-order valence-electron chi connectivity index (χ2n) is 7.07. The minimum absolute atomic E-state index is 0. The SMILES string of the molecule is BrCCC1CCCCC1.CC(=NOCCC1CCCCC1)C(=O)[O-].[Na+]. The van der Waals surface area contributed by atoms with E-state index in [4.69, 9.17) is 4.84 Å². The predicted octanol–water partition coefficient (Wildman–Crippen LogP) is 1.45. The van der Waals surface area contributed by atoms with Gasteiger partial charge in [0.05, 0.1) is 11.7 Å². The first kappa shape index (κ1) is 25.4. The number of oxime groups is 1. The molecule has 2 saturated carbocycles. The Morgan fingerprint density at radius 3 is 1.92 bits per heavy atom. The molecule has 0 atom stereocenters. The number of halogens is 1. The van der Waals surface area contributed by atoms with E-state index in [2.05, 4.69) is 21.1 Å². The summed E-state index contributed by atoms with van der Waals surface area (Å²) in [5.74, 6) is 0.517. The van der Waals surface area contributed by atoms with Crippen LogP contribution in [0.4, 0.5) is 0 Å². The molecule has 0 bridgehead atoms. The van der Waals surface area contributed by atoms with Crippen LogP contribution in [-0.2, 0) is 9.63 Å². The van der Waals surface area contributed by atoms with E-state index in [0.717, 1.165) is 18.3 Å². The van der Waals surface area contributed by atoms with E-state index in [1.54, 1.807) is 0 Å². The van der Waals surface area contributed by atoms with Crippen LogP contribution in [0.5, 0.6) is 0 Å². The van der Waals surface area contributed by atoms with Gasteiger partial charge in [-0.25, -0.2) is 0 Å². The van der Waals surface area contributed by atoms with Gasteiger partial charge in [-0.2, -0.15) is 0 Å². The van der Waals surface area contributed by atoms with Gasteiger partial charge in [-0.15, -0.1) is 0 Å². The maximum absolute atomic E-state index is 10.3. The molecular weight excluding hydrogens is 393 g/mol. The third kappa shape index (κ3) is 13.3. The second kappa shape index (κ2) is 16.6. The van der Waals surface area contributed by atoms with Gasteiger partial charge in [-0.3, -0.25) is 0 Å². The molecule has 6 heteroatoms. The minimum Gasteiger partial charge on any atom is -0.543 e. The third-order valence-electron chi connectivity index (χ3n) is 5.08. The van der Waals surface area contributed by atoms with Crippen molar-refractivity contribution in [3.63, 3.8) is 0 Å². The smallest absolute Gasteiger partial charge is 0.543 e. The number of carboxylic acids is 1. The Hall–Kier alpha value is 0.420. The number of hydrogen-bond donors (Lipinski definition) is 0. The van der Waals surface area contributed by atoms with Crippen molar-refractivity contribution in [2.75, 3.05) is 11.9 Å². The zero-order valence-electron chi connectivity index (χ0n) is 16.1. The number of carbonyl (C=O) groups excluding carboxylic acids is 1. The first-order valence-corrected chi connectivity index (χ1v) is 10.7. The van der Waals surface area contributed by atoms with Gasteiger partial charge in [0.15, 0.2) is 0 Å². The van der Waals surface area contributed by atoms with Crippen LogP contribution in [0.15, 0.2) is 5.16 Å². The average molecular weight is 426 g/mol. The summed E-state index contributed by atoms with van der Waals surface area (Å²) in [5.41, 5.74) is -0.0985. The van der Waals surface area contributed by atoms with Crippen molar-refractivity contribution in [1.82, 2.24) is 0 Å². The third-order valence-corrected chi connectivity index (χ3v) is 5.54. The van der Waals surface area contributed by atoms with E-state index in [1.165, 1.54) is 82.9 Å². The van der Waals surface area contributed by atoms with Gasteiger partial charge in [0, 0.05) is 5.33 Å². The van der Waals surface area contributed by atoms with Crippen molar-refractivity contribution in [2.24, 2.45) is 17.0 Å². The summed E-state index contributed by atoms with van der Waals surface area (Å²) in [7, 11) is 0. The molecule has 0 aromatic heterocycles. The molecule has 0 heterocycles. The molecule has 0 aliphatic heterocycles. The van der Waals surface area contributed by atoms with Crippen molar-refractivity contribution in [3.8, 4) is 0 Å². The summed E-state index contributed by atoms with van der Waals surface area (Å²) in [4.78, 5) is 15.2. The van der Waals surface area contributed by atoms with Gasteiger partial charge in [0.2, 0.25) is 0 Å². The Morgan fingerprint density at radius 2 is 1.48 bits per heavy atom. The molecular formula is C19H33BrNNaO3. The Labute approximate surface area is 184 Å². The molecule has 2 aliphatic carbocycles. The fraction of sp³-hybridized carbons (Fsp3) is 0.895. The molecule has 0 aromatic carbocycles. The quantitative estimate of drug-likeness (QED) is 0.204. The molecule has 0 radical (unpaired) electrons. The van der Waals surface area contributed by atoms with E-state index >= 15 is 0 Å². The largest absolute Gasteiger partial charge is 1.00 e. The topological polar surface area (TPSA) is 61.7 Å². The van der Waals surface area contributed by atoms with Crippen molar-refractivity contribution in [3.05, 3.63) is 0 Å². The molecule has 0 saturated heterocycles. The summed E-state index contributed by atoms with van der Waals surface area (Å²) in [6.45, 7) is 1.88. The van der Waals surface area contributed by atoms with Crippen molar-refractivity contribution < 1.29 is 44.3 Å². The van der Waals surface area contributed by atoms with E-state index in [0.29, 0.717) is 6.61 Å². The molecule has 0 spiro atoms. The predicted molar refractivity (Wildman–Crippen MR) is 100 cm³/mol. The van der Waals surface area contributed by atoms with Gasteiger partial charge >= 0.3 is 29.6 Å². The molecule has 0 N–H and O–H groups in total. The summed E-state index contributed by atoms with van der Waals surface area (Å²) in [6.07, 6.45) is 16.3. The maximum Gasteiger partial charge on any atom is 1.00 e. The number of hydrogen-bond acceptors (Lipinski definition) is 4. The van der Waals surface area contributed by atoms with E-state index in [1.807, 2.05) is 0 Å². The van der Waals surface area contributed by atoms with Crippen LogP contribution in [0, 0.1) is 11.8 Å². The molecule has 25 heavy (non-hydrogen) atoms. The van der Waals surface area contributed by atoms with Gasteiger partial charge in [-0.05, 0) is 31.6 Å². The maximum atomic E-state index is 10.3. The molecule has 0 unspecified atom stereocenters. The molecule has 2 rings (SSSR count). The number of carbonyl (C=O) groups is 1. The fourth-order valence-electron chi connectivity index (χ4n) is 3.51. The van der Waals surface area contributed by atoms with Crippen LogP contribution in [0.25, 0.3) is 0 Å². The first-order valence-electron chi connectivity index (χ1n) is 9.57. The molecule has 0 aromatic rings. The van der Waals surface area contributed by atoms with Crippen molar-refractivity contribution >= 4 is 27.6 Å². The first-order chi connectivity index (χ1) is 11.6. The Balaban J connectivity index is 0.000000495. The van der Waals surface area contributed by atoms with Crippen molar-refractivity contribution in [2.45, 2.75) is 84.0 Å². The molecule has 4 nitrogen and oxygen atoms in total. The van der Waals surface area contributed by atoms with Gasteiger partial charge in [0.1, 0.15) is 6.61 Å². The number of nitrogens with zero attached hydrogens (tertiary/aromatic N) is 1. The average Bonchev–Trinajstić information content (AvgIpc) is 2.61. The molecule has 2 fully saturated rings. The number of alkyl halides is 1. The summed E-state index contributed by atoms with van der Waals surface area (Å²) >= 11 is 3.48. The monoisotopic (exact) mass is 425 g/mol. The summed E-state index contributed by atoms with van der Waals surface area (Å²) < 4.78 is 0. The normalized spacial score (nSPS) is 19.4. The van der Waals surface area contributed by atoms with Gasteiger partial charge in [0.25, 0.3) is 0 Å². The Morgan fingerprint density at radius 1 is 1.00 bits per heavy atom. The number of aliphatic carboxylic acids is 1. The number of rotatable bonds is 7. The van der Waals surface area contributed by atoms with E-state index < -0.39 is 5.97 Å². The minimum atomic E-state index is -1.27. The van der Waals surface area contributed by atoms with E-state index in [-0.39, 0.29) is 35.3 Å². The fourth-order valence-corrected chi connectivity index (χ4v) is 4.15. The van der Waals surface area contributed by atoms with Crippen LogP contribution in [-0.4, -0.2) is 23.6 Å². The Bertz CT molecular complexity index is 365. The van der Waals surface area contributed by atoms with Crippen molar-refractivity contribution in [1.29, 1.82) is 0 Å². The van der Waals surface area contributed by atoms with Crippen LogP contribution in [0.3, 0.4) is 0 Å². The Kier molecular flexibility index (Phi) is 16.9. The summed E-state index contributed by atoms with van der Waals surface area (Å²) in [6, 6.07) is 0. The molecule has 0 amide bonds. The zero-order chi connectivity index (χ0) is 17.6. The number of carboxylic acid groups (broad SMARTS) is 1. The van der Waals surface area contributed by atoms with Crippen LogP contribution in [0.1, 0.15) is 84.0 Å². The van der Waals surface area contributed by atoms with E-state index in [9.17, 15) is 9.90 Å². The molecule has 2 aliphatic rings. The van der Waals surface area contributed by atoms with Crippen LogP contribution >= 0.6 is 15.9 Å². The second-order valence-corrected chi connectivity index (χ2v) is 7.86. The molecule has 140 valence electrons. The standard InChI is InChI=1S/C11H19NO3.C8H15Br.Na/c1-9(11(13)14)12-15-8-7-10-5-3-2-4-6-10;9-7-6-8-4-2-1-3-5-8;/h10H,2-8H2,1H3,(H,13,14);8H,1-7H2;/q;;+1/p-1. The van der Waals surface area contributed by atoms with Crippen LogP contribution < -0.4 is 34.7 Å². The van der Waals surface area contributed by atoms with Crippen LogP contribution in [0.2, 0.25) is 0 Å². The van der Waals surface area contributed by atoms with Gasteiger partial charge in [-0.1, -0.05) is 85.3 Å². The van der Waals surface area contributed by atoms with Gasteiger partial charge < -0.3 is 14.7 Å².